The average Bonchev–Trinajstić information content (AvgIpc) is 2.54. The molecule has 1 atom stereocenters. The van der Waals surface area contributed by atoms with Gasteiger partial charge in [-0.25, -0.2) is 0 Å². The van der Waals surface area contributed by atoms with Crippen LogP contribution in [0.1, 0.15) is 59.4 Å². The Hall–Kier alpha value is -1.56. The zero-order chi connectivity index (χ0) is 17.7. The van der Waals surface area contributed by atoms with Crippen molar-refractivity contribution in [2.24, 2.45) is 17.8 Å². The van der Waals surface area contributed by atoms with Crippen molar-refractivity contribution in [2.75, 3.05) is 0 Å². The smallest absolute Gasteiger partial charge is 0.00543 e. The van der Waals surface area contributed by atoms with E-state index < -0.39 is 0 Å². The molecule has 0 N–H and O–H groups in total. The van der Waals surface area contributed by atoms with Crippen LogP contribution in [0.4, 0.5) is 0 Å². The monoisotopic (exact) mass is 312 g/mol. The Morgan fingerprint density at radius 1 is 1.09 bits per heavy atom. The summed E-state index contributed by atoms with van der Waals surface area (Å²) < 4.78 is 0. The molecule has 0 amide bonds. The number of allylic oxidation sites excluding steroid dienone is 3. The second-order valence-electron chi connectivity index (χ2n) is 6.24. The van der Waals surface area contributed by atoms with E-state index in [1.807, 2.05) is 26.0 Å². The van der Waals surface area contributed by atoms with Crippen molar-refractivity contribution in [1.82, 2.24) is 0 Å². The lowest BCUT2D eigenvalue weighted by atomic mass is 9.76. The van der Waals surface area contributed by atoms with Gasteiger partial charge in [0.25, 0.3) is 0 Å². The van der Waals surface area contributed by atoms with Crippen molar-refractivity contribution >= 4 is 6.08 Å². The second-order valence-corrected chi connectivity index (χ2v) is 6.24. The first-order chi connectivity index (χ1) is 11.0. The molecule has 0 heterocycles. The molecule has 1 aliphatic rings. The largest absolute Gasteiger partial charge is 0.102 e. The maximum absolute atomic E-state index is 4.08. The third-order valence-electron chi connectivity index (χ3n) is 4.04. The molecule has 0 aromatic heterocycles. The highest BCUT2D eigenvalue weighted by Gasteiger charge is 2.22. The molecule has 1 aromatic rings. The predicted octanol–water partition coefficient (Wildman–Crippen LogP) is 7.55. The molecular weight excluding hydrogens is 276 g/mol. The highest BCUT2D eigenvalue weighted by atomic mass is 14.3. The molecule has 23 heavy (non-hydrogen) atoms. The molecule has 0 nitrogen and oxygen atoms in total. The third kappa shape index (κ3) is 9.23. The fraction of sp³-hybridized carbons (Fsp3) is 0.478. The van der Waals surface area contributed by atoms with Crippen molar-refractivity contribution in [2.45, 2.75) is 53.9 Å². The summed E-state index contributed by atoms with van der Waals surface area (Å²) in [5, 5.41) is 0. The van der Waals surface area contributed by atoms with Crippen LogP contribution >= 0.6 is 0 Å². The third-order valence-corrected chi connectivity index (χ3v) is 4.04. The van der Waals surface area contributed by atoms with E-state index in [1.54, 1.807) is 0 Å². The zero-order valence-corrected chi connectivity index (χ0v) is 15.9. The van der Waals surface area contributed by atoms with E-state index in [1.165, 1.54) is 30.4 Å². The minimum Gasteiger partial charge on any atom is -0.102 e. The molecule has 1 unspecified atom stereocenters. The molecule has 1 saturated carbocycles. The molecule has 0 bridgehead atoms. The van der Waals surface area contributed by atoms with Gasteiger partial charge in [0.1, 0.15) is 0 Å². The van der Waals surface area contributed by atoms with E-state index in [0.29, 0.717) is 11.8 Å². The van der Waals surface area contributed by atoms with Gasteiger partial charge in [-0.15, -0.1) is 6.58 Å². The highest BCUT2D eigenvalue weighted by Crippen LogP contribution is 2.35. The molecule has 128 valence electrons. The van der Waals surface area contributed by atoms with Crippen LogP contribution in [0.3, 0.4) is 0 Å². The summed E-state index contributed by atoms with van der Waals surface area (Å²) >= 11 is 0. The Morgan fingerprint density at radius 3 is 2.04 bits per heavy atom. The Labute approximate surface area is 145 Å². The van der Waals surface area contributed by atoms with Gasteiger partial charge in [0.15, 0.2) is 0 Å². The summed E-state index contributed by atoms with van der Waals surface area (Å²) in [5.41, 5.74) is 2.67. The molecule has 1 aliphatic carbocycles. The predicted molar refractivity (Wildman–Crippen MR) is 108 cm³/mol. The van der Waals surface area contributed by atoms with Crippen LogP contribution in [-0.2, 0) is 0 Å². The van der Waals surface area contributed by atoms with Gasteiger partial charge in [-0.2, -0.15) is 0 Å². The van der Waals surface area contributed by atoms with Crippen molar-refractivity contribution < 1.29 is 0 Å². The molecule has 1 aromatic carbocycles. The van der Waals surface area contributed by atoms with Crippen molar-refractivity contribution in [3.05, 3.63) is 66.8 Å². The molecule has 0 spiro atoms. The minimum absolute atomic E-state index is 0.519. The normalized spacial score (nSPS) is 14.9. The summed E-state index contributed by atoms with van der Waals surface area (Å²) in [6.07, 6.45) is 10.5. The van der Waals surface area contributed by atoms with E-state index in [-0.39, 0.29) is 0 Å². The van der Waals surface area contributed by atoms with Crippen LogP contribution in [0.25, 0.3) is 6.08 Å². The van der Waals surface area contributed by atoms with E-state index in [9.17, 15) is 0 Å². The van der Waals surface area contributed by atoms with E-state index in [4.69, 9.17) is 0 Å². The van der Waals surface area contributed by atoms with Crippen LogP contribution in [0, 0.1) is 17.8 Å². The maximum Gasteiger partial charge on any atom is -0.00543 e. The van der Waals surface area contributed by atoms with E-state index in [0.717, 1.165) is 5.92 Å². The average molecular weight is 313 g/mol. The summed E-state index contributed by atoms with van der Waals surface area (Å²) in [5.74, 6) is 1.97. The fourth-order valence-electron chi connectivity index (χ4n) is 2.17. The number of hydrogen-bond donors (Lipinski definition) is 0. The lowest BCUT2D eigenvalue weighted by Crippen LogP contribution is -2.16. The van der Waals surface area contributed by atoms with E-state index in [2.05, 4.69) is 70.3 Å². The van der Waals surface area contributed by atoms with Gasteiger partial charge in [-0.3, -0.25) is 0 Å². The molecule has 2 rings (SSSR count). The quantitative estimate of drug-likeness (QED) is 0.492. The van der Waals surface area contributed by atoms with Crippen molar-refractivity contribution in [3.8, 4) is 0 Å². The number of benzene rings is 1. The maximum atomic E-state index is 4.08. The summed E-state index contributed by atoms with van der Waals surface area (Å²) in [7, 11) is 0. The first kappa shape index (κ1) is 21.4. The van der Waals surface area contributed by atoms with Crippen LogP contribution in [0.15, 0.2) is 61.2 Å². The van der Waals surface area contributed by atoms with Gasteiger partial charge in [0.05, 0.1) is 0 Å². The number of hydrogen-bond acceptors (Lipinski definition) is 0. The fourth-order valence-corrected chi connectivity index (χ4v) is 2.17. The van der Waals surface area contributed by atoms with Crippen LogP contribution in [0.5, 0.6) is 0 Å². The topological polar surface area (TPSA) is 0 Å². The molecule has 0 radical (unpaired) electrons. The molecule has 1 fully saturated rings. The first-order valence-electron chi connectivity index (χ1n) is 9.09. The lowest BCUT2D eigenvalue weighted by molar-refractivity contribution is 0.351. The Bertz CT molecular complexity index is 446. The molecule has 0 heteroatoms. The van der Waals surface area contributed by atoms with Crippen molar-refractivity contribution in [1.29, 1.82) is 0 Å². The molecular formula is C23H36. The van der Waals surface area contributed by atoms with E-state index >= 15 is 0 Å². The lowest BCUT2D eigenvalue weighted by Gasteiger charge is -2.29. The summed E-state index contributed by atoms with van der Waals surface area (Å²) in [6, 6.07) is 10.4. The second kappa shape index (κ2) is 12.9. The Balaban J connectivity index is 0.000000381. The van der Waals surface area contributed by atoms with Gasteiger partial charge < -0.3 is 0 Å². The first-order valence-corrected chi connectivity index (χ1v) is 9.09. The van der Waals surface area contributed by atoms with Gasteiger partial charge in [-0.1, -0.05) is 102 Å². The summed E-state index contributed by atoms with van der Waals surface area (Å²) in [4.78, 5) is 0. The minimum atomic E-state index is 0.519. The molecule has 0 saturated heterocycles. The van der Waals surface area contributed by atoms with Crippen LogP contribution in [0.2, 0.25) is 0 Å². The standard InChI is InChI=1S/C11H14.C10H16.C2H6/c1-10(2)8-9-11-6-4-3-5-7-11;1-4-8(2)9(3)10-6-5-7-10;1-2/h3-10H,1-2H3;4,8,10H,1,3,5-7H2,2H3;1-2H3/b9-8+;;. The van der Waals surface area contributed by atoms with Gasteiger partial charge >= 0.3 is 0 Å². The van der Waals surface area contributed by atoms with Gasteiger partial charge in [-0.05, 0) is 36.2 Å². The van der Waals surface area contributed by atoms with Crippen molar-refractivity contribution in [3.63, 3.8) is 0 Å². The Morgan fingerprint density at radius 2 is 1.65 bits per heavy atom. The van der Waals surface area contributed by atoms with Crippen LogP contribution in [-0.4, -0.2) is 0 Å². The van der Waals surface area contributed by atoms with Crippen LogP contribution < -0.4 is 0 Å². The van der Waals surface area contributed by atoms with Gasteiger partial charge in [0.2, 0.25) is 0 Å². The molecule has 0 aliphatic heterocycles. The van der Waals surface area contributed by atoms with Gasteiger partial charge in [0, 0.05) is 0 Å². The highest BCUT2D eigenvalue weighted by molar-refractivity contribution is 5.48. The summed E-state index contributed by atoms with van der Waals surface area (Å²) in [6.45, 7) is 18.4. The zero-order valence-electron chi connectivity index (χ0n) is 15.9. The Kier molecular flexibility index (Phi) is 12.1. The SMILES string of the molecule is C=CC(C)C(=C)C1CCC1.CC.CC(C)/C=C/c1ccccc1. The number of rotatable bonds is 5.